The number of aromatic nitrogens is 1. The molecule has 35 heavy (non-hydrogen) atoms. The number of fused-ring (bicyclic) bond motifs is 1. The van der Waals surface area contributed by atoms with E-state index in [0.29, 0.717) is 18.9 Å². The Morgan fingerprint density at radius 3 is 2.54 bits per heavy atom. The Hall–Kier alpha value is -2.20. The van der Waals surface area contributed by atoms with Gasteiger partial charge in [-0.25, -0.2) is 0 Å². The van der Waals surface area contributed by atoms with Crippen molar-refractivity contribution in [2.24, 2.45) is 5.92 Å². The molecule has 1 aromatic heterocycles. The summed E-state index contributed by atoms with van der Waals surface area (Å²) in [7, 11) is 1.96. The second kappa shape index (κ2) is 11.2. The number of aromatic amines is 1. The highest BCUT2D eigenvalue weighted by molar-refractivity contribution is 7.99. The zero-order valence-corrected chi connectivity index (χ0v) is 21.2. The number of benzene rings is 2. The monoisotopic (exact) mass is 528 g/mol. The molecule has 0 aliphatic carbocycles. The summed E-state index contributed by atoms with van der Waals surface area (Å²) >= 11 is 7.16. The molecule has 2 aromatic carbocycles. The number of aromatic hydroxyl groups is 1. The lowest BCUT2D eigenvalue weighted by Crippen LogP contribution is -2.27. The van der Waals surface area contributed by atoms with Gasteiger partial charge in [-0.15, -0.1) is 11.8 Å². The van der Waals surface area contributed by atoms with Crippen molar-refractivity contribution >= 4 is 34.3 Å². The average Bonchev–Trinajstić information content (AvgIpc) is 2.76. The zero-order valence-electron chi connectivity index (χ0n) is 19.6. The number of nitrogens with zero attached hydrogens (tertiary/aromatic N) is 1. The van der Waals surface area contributed by atoms with E-state index in [1.807, 2.05) is 7.05 Å². The van der Waals surface area contributed by atoms with Gasteiger partial charge in [0, 0.05) is 45.9 Å². The van der Waals surface area contributed by atoms with Gasteiger partial charge >= 0.3 is 6.18 Å². The van der Waals surface area contributed by atoms with Crippen LogP contribution in [0, 0.1) is 5.92 Å². The number of phenols is 1. The molecule has 1 atom stereocenters. The Balaban J connectivity index is 2.04. The van der Waals surface area contributed by atoms with Gasteiger partial charge in [0.15, 0.2) is 0 Å². The molecule has 10 heteroatoms. The number of aliphatic hydroxyl groups excluding tert-OH is 1. The van der Waals surface area contributed by atoms with Gasteiger partial charge in [0.1, 0.15) is 5.75 Å². The lowest BCUT2D eigenvalue weighted by atomic mass is 9.98. The molecular weight excluding hydrogens is 501 g/mol. The number of nitrogens with one attached hydrogen (secondary N) is 1. The smallest absolute Gasteiger partial charge is 0.416 e. The first kappa shape index (κ1) is 27.4. The molecule has 0 bridgehead atoms. The van der Waals surface area contributed by atoms with Crippen LogP contribution in [0.15, 0.2) is 46.1 Å². The van der Waals surface area contributed by atoms with Crippen LogP contribution >= 0.6 is 23.4 Å². The summed E-state index contributed by atoms with van der Waals surface area (Å²) < 4.78 is 40.4. The maximum absolute atomic E-state index is 13.5. The van der Waals surface area contributed by atoms with Crippen LogP contribution in [-0.4, -0.2) is 52.1 Å². The van der Waals surface area contributed by atoms with E-state index in [-0.39, 0.29) is 43.5 Å². The van der Waals surface area contributed by atoms with Crippen LogP contribution in [0.3, 0.4) is 0 Å². The number of thioether (sulfide) groups is 1. The third-order valence-electron chi connectivity index (χ3n) is 5.47. The molecule has 3 N–H and O–H groups in total. The maximum atomic E-state index is 13.5. The standard InChI is InChI=1S/C25H28ClF3N2O3S/c1-14(2)12-31(3)9-8-17(32)13-35-23-22(19-11-16(26)5-7-21(19)33)18-10-15(25(27,28)29)4-6-20(18)30-24(23)34/h4-7,10-11,14,17,32-33H,8-9,12-13H2,1-3H3,(H,30,34). The molecule has 0 radical (unpaired) electrons. The van der Waals surface area contributed by atoms with Crippen molar-refractivity contribution in [1.29, 1.82) is 0 Å². The number of halogens is 4. The molecule has 0 spiro atoms. The lowest BCUT2D eigenvalue weighted by Gasteiger charge is -2.21. The minimum atomic E-state index is -4.59. The number of H-pyrrole nitrogens is 1. The summed E-state index contributed by atoms with van der Waals surface area (Å²) in [6.07, 6.45) is -4.87. The highest BCUT2D eigenvalue weighted by Crippen LogP contribution is 2.42. The second-order valence-corrected chi connectivity index (χ2v) is 10.5. The van der Waals surface area contributed by atoms with Crippen molar-refractivity contribution in [1.82, 2.24) is 9.88 Å². The highest BCUT2D eigenvalue weighted by atomic mass is 35.5. The van der Waals surface area contributed by atoms with Crippen molar-refractivity contribution in [3.63, 3.8) is 0 Å². The quantitative estimate of drug-likeness (QED) is 0.297. The van der Waals surface area contributed by atoms with Gasteiger partial charge in [-0.1, -0.05) is 25.4 Å². The molecule has 1 heterocycles. The van der Waals surface area contributed by atoms with Gasteiger partial charge in [-0.3, -0.25) is 4.79 Å². The Bertz CT molecular complexity index is 1250. The van der Waals surface area contributed by atoms with Crippen LogP contribution in [0.5, 0.6) is 5.75 Å². The fourth-order valence-electron chi connectivity index (χ4n) is 3.91. The summed E-state index contributed by atoms with van der Waals surface area (Å²) in [6, 6.07) is 7.21. The second-order valence-electron chi connectivity index (χ2n) is 8.99. The predicted molar refractivity (Wildman–Crippen MR) is 135 cm³/mol. The molecule has 0 aliphatic rings. The first-order valence-corrected chi connectivity index (χ1v) is 12.5. The molecule has 5 nitrogen and oxygen atoms in total. The summed E-state index contributed by atoms with van der Waals surface area (Å²) in [5.74, 6) is 0.408. The minimum absolute atomic E-state index is 0.101. The third kappa shape index (κ3) is 6.94. The predicted octanol–water partition coefficient (Wildman–Crippen LogP) is 6.00. The molecule has 0 saturated heterocycles. The summed E-state index contributed by atoms with van der Waals surface area (Å²) in [5, 5.41) is 21.4. The summed E-state index contributed by atoms with van der Waals surface area (Å²) in [6.45, 7) is 5.74. The lowest BCUT2D eigenvalue weighted by molar-refractivity contribution is -0.137. The third-order valence-corrected chi connectivity index (χ3v) is 6.93. The van der Waals surface area contributed by atoms with E-state index in [1.54, 1.807) is 0 Å². The van der Waals surface area contributed by atoms with Crippen LogP contribution in [0.4, 0.5) is 13.2 Å². The Morgan fingerprint density at radius 2 is 1.89 bits per heavy atom. The molecule has 0 amide bonds. The van der Waals surface area contributed by atoms with Gasteiger partial charge in [-0.05, 0) is 55.8 Å². The molecule has 0 fully saturated rings. The van der Waals surface area contributed by atoms with Crippen molar-refractivity contribution < 1.29 is 23.4 Å². The van der Waals surface area contributed by atoms with E-state index in [4.69, 9.17) is 11.6 Å². The highest BCUT2D eigenvalue weighted by Gasteiger charge is 2.31. The van der Waals surface area contributed by atoms with Crippen LogP contribution < -0.4 is 5.56 Å². The van der Waals surface area contributed by atoms with Gasteiger partial charge in [0.25, 0.3) is 5.56 Å². The Morgan fingerprint density at radius 1 is 1.17 bits per heavy atom. The summed E-state index contributed by atoms with van der Waals surface area (Å²) in [4.78, 5) is 17.8. The van der Waals surface area contributed by atoms with E-state index in [0.717, 1.165) is 30.4 Å². The number of phenolic OH excluding ortho intramolecular Hbond substituents is 1. The van der Waals surface area contributed by atoms with Crippen LogP contribution in [0.2, 0.25) is 5.02 Å². The van der Waals surface area contributed by atoms with E-state index in [2.05, 4.69) is 23.7 Å². The van der Waals surface area contributed by atoms with Gasteiger partial charge in [-0.2, -0.15) is 13.2 Å². The maximum Gasteiger partial charge on any atom is 0.416 e. The van der Waals surface area contributed by atoms with Crippen molar-refractivity contribution in [3.8, 4) is 16.9 Å². The SMILES string of the molecule is CC(C)CN(C)CCC(O)CSc1c(-c2cc(Cl)ccc2O)c2cc(C(F)(F)F)ccc2[nH]c1=O. The number of alkyl halides is 3. The largest absolute Gasteiger partial charge is 0.507 e. The number of aliphatic hydroxyl groups is 1. The van der Waals surface area contributed by atoms with E-state index in [9.17, 15) is 28.2 Å². The number of hydrogen-bond donors (Lipinski definition) is 3. The fourth-order valence-corrected chi connectivity index (χ4v) is 5.16. The van der Waals surface area contributed by atoms with Crippen molar-refractivity contribution in [3.05, 3.63) is 57.3 Å². The van der Waals surface area contributed by atoms with Crippen LogP contribution in [0.1, 0.15) is 25.8 Å². The van der Waals surface area contributed by atoms with Gasteiger partial charge in [0.2, 0.25) is 0 Å². The molecule has 3 rings (SSSR count). The first-order valence-electron chi connectivity index (χ1n) is 11.1. The van der Waals surface area contributed by atoms with Crippen LogP contribution in [-0.2, 0) is 6.18 Å². The van der Waals surface area contributed by atoms with E-state index >= 15 is 0 Å². The molecule has 0 aliphatic heterocycles. The number of hydrogen-bond acceptors (Lipinski definition) is 5. The molecular formula is C25H28ClF3N2O3S. The topological polar surface area (TPSA) is 76.6 Å². The van der Waals surface area contributed by atoms with Crippen molar-refractivity contribution in [2.75, 3.05) is 25.9 Å². The van der Waals surface area contributed by atoms with Gasteiger partial charge in [0.05, 0.1) is 16.6 Å². The molecule has 3 aromatic rings. The van der Waals surface area contributed by atoms with Crippen LogP contribution in [0.25, 0.3) is 22.0 Å². The Kier molecular flexibility index (Phi) is 8.80. The fraction of sp³-hybridized carbons (Fsp3) is 0.400. The number of rotatable bonds is 9. The van der Waals surface area contributed by atoms with Crippen molar-refractivity contribution in [2.45, 2.75) is 37.4 Å². The molecule has 1 unspecified atom stereocenters. The zero-order chi connectivity index (χ0) is 25.9. The summed E-state index contributed by atoms with van der Waals surface area (Å²) in [5.41, 5.74) is -0.937. The molecule has 0 saturated carbocycles. The first-order chi connectivity index (χ1) is 16.4. The minimum Gasteiger partial charge on any atom is -0.507 e. The normalized spacial score (nSPS) is 13.2. The van der Waals surface area contributed by atoms with Gasteiger partial charge < -0.3 is 20.1 Å². The number of pyridine rings is 1. The van der Waals surface area contributed by atoms with E-state index < -0.39 is 23.4 Å². The Labute approximate surface area is 210 Å². The van der Waals surface area contributed by atoms with E-state index in [1.165, 1.54) is 24.3 Å². The molecule has 190 valence electrons. The average molecular weight is 529 g/mol.